The zero-order chi connectivity index (χ0) is 23.1. The third kappa shape index (κ3) is 5.58. The number of carbonyl (C=O) groups excluding carboxylic acids is 1. The van der Waals surface area contributed by atoms with Crippen LogP contribution in [0.4, 0.5) is 11.4 Å². The molecular weight excluding hydrogens is 406 g/mol. The zero-order valence-corrected chi connectivity index (χ0v) is 17.7. The van der Waals surface area contributed by atoms with Gasteiger partial charge in [-0.2, -0.15) is 5.26 Å². The number of hydrogen-bond acceptors (Lipinski definition) is 5. The number of benzene rings is 3. The maximum absolute atomic E-state index is 12.6. The molecule has 0 atom stereocenters. The Morgan fingerprint density at radius 3 is 2.47 bits per heavy atom. The summed E-state index contributed by atoms with van der Waals surface area (Å²) in [6.07, 6.45) is 1.47. The second kappa shape index (κ2) is 10.0. The summed E-state index contributed by atoms with van der Waals surface area (Å²) in [7, 11) is 0. The summed E-state index contributed by atoms with van der Waals surface area (Å²) in [4.78, 5) is 22.9. The van der Waals surface area contributed by atoms with E-state index in [-0.39, 0.29) is 17.9 Å². The summed E-state index contributed by atoms with van der Waals surface area (Å²) in [5.74, 6) is -0.0292. The number of rotatable bonds is 7. The molecule has 0 spiro atoms. The Kier molecular flexibility index (Phi) is 6.99. The van der Waals surface area contributed by atoms with Crippen LogP contribution < -0.4 is 10.1 Å². The predicted octanol–water partition coefficient (Wildman–Crippen LogP) is 5.34. The van der Waals surface area contributed by atoms with Crippen molar-refractivity contribution in [3.05, 3.63) is 105 Å². The van der Waals surface area contributed by atoms with E-state index in [1.165, 1.54) is 18.2 Å². The number of carbonyl (C=O) groups is 1. The maximum Gasteiger partial charge on any atom is 0.269 e. The highest BCUT2D eigenvalue weighted by Gasteiger charge is 2.12. The van der Waals surface area contributed by atoms with Crippen molar-refractivity contribution in [2.24, 2.45) is 0 Å². The molecule has 0 unspecified atom stereocenters. The first kappa shape index (κ1) is 22.2. The molecule has 0 radical (unpaired) electrons. The highest BCUT2D eigenvalue weighted by molar-refractivity contribution is 6.09. The second-order valence-corrected chi connectivity index (χ2v) is 7.17. The molecule has 3 aromatic rings. The summed E-state index contributed by atoms with van der Waals surface area (Å²) in [5, 5.41) is 23.1. The lowest BCUT2D eigenvalue weighted by atomic mass is 10.1. The predicted molar refractivity (Wildman–Crippen MR) is 122 cm³/mol. The van der Waals surface area contributed by atoms with Gasteiger partial charge in [0.1, 0.15) is 24.0 Å². The number of para-hydroxylation sites is 1. The first-order chi connectivity index (χ1) is 15.4. The number of ether oxygens (including phenoxy) is 1. The van der Waals surface area contributed by atoms with Crippen molar-refractivity contribution < 1.29 is 14.5 Å². The molecule has 7 heteroatoms. The van der Waals surface area contributed by atoms with E-state index in [4.69, 9.17) is 4.74 Å². The third-order valence-corrected chi connectivity index (χ3v) is 4.89. The van der Waals surface area contributed by atoms with Crippen LogP contribution in [0, 0.1) is 35.3 Å². The molecule has 32 heavy (non-hydrogen) atoms. The van der Waals surface area contributed by atoms with Gasteiger partial charge in [0.05, 0.1) is 4.92 Å². The zero-order valence-electron chi connectivity index (χ0n) is 17.7. The Hall–Kier alpha value is -4.44. The number of hydrogen-bond donors (Lipinski definition) is 1. The lowest BCUT2D eigenvalue weighted by Crippen LogP contribution is -2.13. The topological polar surface area (TPSA) is 105 Å². The number of nitro benzene ring substituents is 1. The summed E-state index contributed by atoms with van der Waals surface area (Å²) >= 11 is 0. The van der Waals surface area contributed by atoms with Crippen LogP contribution in [0.5, 0.6) is 5.75 Å². The fourth-order valence-corrected chi connectivity index (χ4v) is 2.93. The molecule has 0 aliphatic heterocycles. The van der Waals surface area contributed by atoms with Gasteiger partial charge in [0, 0.05) is 23.4 Å². The molecular formula is C25H21N3O4. The van der Waals surface area contributed by atoms with E-state index in [9.17, 15) is 20.2 Å². The van der Waals surface area contributed by atoms with E-state index in [0.717, 1.165) is 16.7 Å². The molecule has 160 valence electrons. The molecule has 3 aromatic carbocycles. The van der Waals surface area contributed by atoms with Crippen LogP contribution in [0.2, 0.25) is 0 Å². The van der Waals surface area contributed by atoms with Crippen LogP contribution in [0.15, 0.2) is 72.3 Å². The van der Waals surface area contributed by atoms with Gasteiger partial charge in [0.2, 0.25) is 0 Å². The summed E-state index contributed by atoms with van der Waals surface area (Å²) in [6, 6.07) is 20.6. The van der Waals surface area contributed by atoms with Crippen LogP contribution in [0.3, 0.4) is 0 Å². The van der Waals surface area contributed by atoms with E-state index in [1.807, 2.05) is 32.0 Å². The van der Waals surface area contributed by atoms with Gasteiger partial charge in [-0.3, -0.25) is 14.9 Å². The van der Waals surface area contributed by atoms with Gasteiger partial charge in [-0.05, 0) is 66.9 Å². The van der Waals surface area contributed by atoms with Gasteiger partial charge in [-0.15, -0.1) is 0 Å². The van der Waals surface area contributed by atoms with Crippen LogP contribution >= 0.6 is 0 Å². The smallest absolute Gasteiger partial charge is 0.269 e. The Balaban J connectivity index is 1.76. The van der Waals surface area contributed by atoms with Gasteiger partial charge in [0.25, 0.3) is 11.6 Å². The van der Waals surface area contributed by atoms with Crippen LogP contribution in [-0.2, 0) is 11.4 Å². The van der Waals surface area contributed by atoms with Crippen molar-refractivity contribution in [3.63, 3.8) is 0 Å². The normalized spacial score (nSPS) is 10.8. The third-order valence-electron chi connectivity index (χ3n) is 4.89. The Morgan fingerprint density at radius 2 is 1.81 bits per heavy atom. The average molecular weight is 427 g/mol. The van der Waals surface area contributed by atoms with Crippen LogP contribution in [-0.4, -0.2) is 10.8 Å². The lowest BCUT2D eigenvalue weighted by Gasteiger charge is -2.10. The minimum atomic E-state index is -0.513. The highest BCUT2D eigenvalue weighted by Crippen LogP contribution is 2.23. The summed E-state index contributed by atoms with van der Waals surface area (Å²) < 4.78 is 5.84. The fraction of sp³-hybridized carbons (Fsp3) is 0.120. The minimum absolute atomic E-state index is 0.00512. The monoisotopic (exact) mass is 427 g/mol. The fourth-order valence-electron chi connectivity index (χ4n) is 2.93. The number of aryl methyl sites for hydroxylation is 2. The molecule has 0 aromatic heterocycles. The molecule has 0 saturated carbocycles. The van der Waals surface area contributed by atoms with E-state index in [2.05, 4.69) is 5.32 Å². The number of non-ortho nitro benzene ring substituents is 1. The molecule has 1 amide bonds. The van der Waals surface area contributed by atoms with E-state index in [0.29, 0.717) is 17.0 Å². The highest BCUT2D eigenvalue weighted by atomic mass is 16.6. The van der Waals surface area contributed by atoms with Crippen molar-refractivity contribution in [2.45, 2.75) is 20.5 Å². The van der Waals surface area contributed by atoms with Crippen LogP contribution in [0.25, 0.3) is 6.08 Å². The van der Waals surface area contributed by atoms with Crippen molar-refractivity contribution in [1.29, 1.82) is 5.26 Å². The van der Waals surface area contributed by atoms with Gasteiger partial charge in [-0.1, -0.05) is 24.3 Å². The molecule has 0 bridgehead atoms. The first-order valence-corrected chi connectivity index (χ1v) is 9.83. The number of anilines is 1. The average Bonchev–Trinajstić information content (AvgIpc) is 2.79. The maximum atomic E-state index is 12.6. The molecule has 0 aliphatic carbocycles. The van der Waals surface area contributed by atoms with Gasteiger partial charge in [0.15, 0.2) is 0 Å². The molecule has 0 fully saturated rings. The molecule has 0 saturated heterocycles. The standard InChI is InChI=1S/C25H21N3O4/c1-17-7-10-22(13-18(17)2)27-25(29)21(15-26)14-20-5-3-4-6-24(20)32-16-19-8-11-23(12-9-19)28(30)31/h3-14H,16H2,1-2H3,(H,27,29)/b21-14+. The lowest BCUT2D eigenvalue weighted by molar-refractivity contribution is -0.384. The minimum Gasteiger partial charge on any atom is -0.488 e. The Morgan fingerprint density at radius 1 is 1.09 bits per heavy atom. The number of nitrogens with zero attached hydrogens (tertiary/aromatic N) is 2. The number of nitriles is 1. The van der Waals surface area contributed by atoms with Crippen molar-refractivity contribution in [3.8, 4) is 11.8 Å². The quantitative estimate of drug-likeness (QED) is 0.237. The number of nitrogens with one attached hydrogen (secondary N) is 1. The van der Waals surface area contributed by atoms with Gasteiger partial charge >= 0.3 is 0 Å². The van der Waals surface area contributed by atoms with Crippen molar-refractivity contribution >= 4 is 23.4 Å². The largest absolute Gasteiger partial charge is 0.488 e. The number of nitro groups is 1. The van der Waals surface area contributed by atoms with Crippen LogP contribution in [0.1, 0.15) is 22.3 Å². The van der Waals surface area contributed by atoms with E-state index < -0.39 is 10.8 Å². The second-order valence-electron chi connectivity index (χ2n) is 7.17. The Bertz CT molecular complexity index is 1220. The van der Waals surface area contributed by atoms with E-state index in [1.54, 1.807) is 42.5 Å². The van der Waals surface area contributed by atoms with Crippen molar-refractivity contribution in [1.82, 2.24) is 0 Å². The molecule has 3 rings (SSSR count). The molecule has 1 N–H and O–H groups in total. The van der Waals surface area contributed by atoms with Crippen molar-refractivity contribution in [2.75, 3.05) is 5.32 Å². The molecule has 7 nitrogen and oxygen atoms in total. The summed E-state index contributed by atoms with van der Waals surface area (Å²) in [6.45, 7) is 4.11. The summed E-state index contributed by atoms with van der Waals surface area (Å²) in [5.41, 5.74) is 4.03. The van der Waals surface area contributed by atoms with Gasteiger partial charge < -0.3 is 10.1 Å². The first-order valence-electron chi connectivity index (χ1n) is 9.83. The van der Waals surface area contributed by atoms with E-state index >= 15 is 0 Å². The molecule has 0 aliphatic rings. The SMILES string of the molecule is Cc1ccc(NC(=O)/C(C#N)=C/c2ccccc2OCc2ccc([N+](=O)[O-])cc2)cc1C. The Labute approximate surface area is 185 Å². The van der Waals surface area contributed by atoms with Gasteiger partial charge in [-0.25, -0.2) is 0 Å². The molecule has 0 heterocycles. The number of amides is 1.